The van der Waals surface area contributed by atoms with Crippen molar-refractivity contribution in [2.75, 3.05) is 25.2 Å². The Kier molecular flexibility index (Phi) is 5.64. The zero-order valence-corrected chi connectivity index (χ0v) is 15.6. The van der Waals surface area contributed by atoms with Gasteiger partial charge in [-0.05, 0) is 6.90 Å². The lowest BCUT2D eigenvalue weighted by Crippen LogP contribution is -2.51. The minimum absolute atomic E-state index is 0.0360. The summed E-state index contributed by atoms with van der Waals surface area (Å²) in [6.07, 6.45) is -1.48. The molecule has 0 aromatic carbocycles. The number of nitrogens with one attached hydrogen (secondary N) is 2. The van der Waals surface area contributed by atoms with Gasteiger partial charge in [-0.2, -0.15) is 4.98 Å². The molecule has 3 heterocycles. The summed E-state index contributed by atoms with van der Waals surface area (Å²) in [5.41, 5.74) is -0.351. The number of ether oxygens (including phenoxy) is 2. The quantitative estimate of drug-likeness (QED) is 0.641. The van der Waals surface area contributed by atoms with Gasteiger partial charge >= 0.3 is 0 Å². The number of carbonyl (C=O) groups excluding carboxylic acids is 1. The number of aromatic amines is 1. The smallest absolute Gasteiger partial charge is 0.280 e. The van der Waals surface area contributed by atoms with Crippen molar-refractivity contribution < 1.29 is 25.1 Å². The first kappa shape index (κ1) is 19.0. The number of alkyl halides is 1. The molecule has 0 aliphatic carbocycles. The van der Waals surface area contributed by atoms with E-state index in [-0.39, 0.29) is 49.1 Å². The van der Waals surface area contributed by atoms with Crippen molar-refractivity contribution in [2.45, 2.75) is 45.1 Å². The zero-order valence-electron chi connectivity index (χ0n) is 16.6. The second-order valence-electron chi connectivity index (χ2n) is 6.84. The van der Waals surface area contributed by atoms with Crippen LogP contribution in [-0.2, 0) is 14.3 Å². The number of carbonyl (C=O) groups is 1. The van der Waals surface area contributed by atoms with Crippen LogP contribution in [-0.4, -0.2) is 68.7 Å². The maximum Gasteiger partial charge on any atom is 0.280 e. The molecule has 4 atom stereocenters. The van der Waals surface area contributed by atoms with E-state index in [1.54, 1.807) is 13.8 Å². The Hall–Kier alpha value is -2.37. The van der Waals surface area contributed by atoms with E-state index in [1.165, 1.54) is 10.9 Å². The molecule has 1 saturated heterocycles. The number of aliphatic hydroxyl groups excluding tert-OH is 1. The first-order valence-corrected chi connectivity index (χ1v) is 8.91. The molecule has 28 heavy (non-hydrogen) atoms. The van der Waals surface area contributed by atoms with Crippen molar-refractivity contribution in [2.24, 2.45) is 5.92 Å². The Labute approximate surface area is 161 Å². The van der Waals surface area contributed by atoms with Gasteiger partial charge in [-0.1, -0.05) is 13.8 Å². The molecule has 11 heteroatoms. The molecule has 3 rings (SSSR count). The average Bonchev–Trinajstić information content (AvgIpc) is 3.11. The fourth-order valence-corrected chi connectivity index (χ4v) is 2.97. The molecule has 1 aliphatic rings. The molecule has 2 aromatic heterocycles. The largest absolute Gasteiger partial charge is 0.388 e. The molecule has 1 aliphatic heterocycles. The number of H-pyrrole nitrogens is 1. The molecule has 2 aromatic rings. The van der Waals surface area contributed by atoms with E-state index >= 15 is 0 Å². The Morgan fingerprint density at radius 1 is 1.64 bits per heavy atom. The number of imidazole rings is 1. The number of nitrogens with zero attached hydrogens (tertiary/aromatic N) is 3. The minimum atomic E-state index is -1.17. The van der Waals surface area contributed by atoms with Crippen molar-refractivity contribution in [1.82, 2.24) is 19.5 Å². The molecule has 0 spiro atoms. The number of halogens is 1. The van der Waals surface area contributed by atoms with Crippen LogP contribution < -0.4 is 10.9 Å². The average molecular weight is 398 g/mol. The molecular formula is C17H24FN5O5. The molecule has 0 saturated carbocycles. The molecule has 10 nitrogen and oxygen atoms in total. The van der Waals surface area contributed by atoms with E-state index < -0.39 is 36.6 Å². The lowest BCUT2D eigenvalue weighted by molar-refractivity contribution is -0.172. The molecule has 0 bridgehead atoms. The van der Waals surface area contributed by atoms with Crippen molar-refractivity contribution in [1.29, 1.82) is 0 Å². The molecule has 1 amide bonds. The number of aliphatic hydroxyl groups is 1. The summed E-state index contributed by atoms with van der Waals surface area (Å²) in [5, 5.41) is 13.0. The number of hydrogen-bond donors (Lipinski definition) is 3. The number of anilines is 1. The highest BCUT2D eigenvalue weighted by atomic mass is 19.1. The Balaban J connectivity index is 1.99. The number of aromatic nitrogens is 4. The van der Waals surface area contributed by atoms with Gasteiger partial charge in [0.25, 0.3) is 5.56 Å². The third kappa shape index (κ3) is 3.91. The van der Waals surface area contributed by atoms with Crippen LogP contribution >= 0.6 is 0 Å². The first-order chi connectivity index (χ1) is 13.9. The van der Waals surface area contributed by atoms with Crippen LogP contribution in [0.2, 0.25) is 0 Å². The van der Waals surface area contributed by atoms with Gasteiger partial charge in [0, 0.05) is 7.29 Å². The van der Waals surface area contributed by atoms with Crippen LogP contribution in [0.25, 0.3) is 11.2 Å². The second kappa shape index (κ2) is 8.33. The Bertz CT molecular complexity index is 919. The standard InChI is InChI=1S/C17H24FN5O5/c1-8(2)15(25)21-17-20-14-11(16(26)22-17)19-7-23(14)10-6-28-9(3)12(24)13(10)27-5-4-18/h7-10,12-13,24H,4-6H2,1-3H3,(H2,20,21,22,25,26)/t9-,10-,12-,13+/m1/s1/i3D. The van der Waals surface area contributed by atoms with E-state index in [0.717, 1.165) is 0 Å². The summed E-state index contributed by atoms with van der Waals surface area (Å²) < 4.78 is 32.7. The maximum absolute atomic E-state index is 12.7. The van der Waals surface area contributed by atoms with Gasteiger partial charge in [0.1, 0.15) is 18.9 Å². The van der Waals surface area contributed by atoms with Crippen LogP contribution in [0.1, 0.15) is 28.2 Å². The van der Waals surface area contributed by atoms with Crippen molar-refractivity contribution >= 4 is 23.0 Å². The van der Waals surface area contributed by atoms with Gasteiger partial charge in [0.05, 0.1) is 31.7 Å². The third-order valence-electron chi connectivity index (χ3n) is 4.52. The Morgan fingerprint density at radius 2 is 2.43 bits per heavy atom. The predicted octanol–water partition coefficient (Wildman–Crippen LogP) is 0.389. The summed E-state index contributed by atoms with van der Waals surface area (Å²) >= 11 is 0. The van der Waals surface area contributed by atoms with Crippen molar-refractivity contribution in [3.63, 3.8) is 0 Å². The fraction of sp³-hybridized carbons (Fsp3) is 0.647. The van der Waals surface area contributed by atoms with Gasteiger partial charge in [-0.3, -0.25) is 19.9 Å². The van der Waals surface area contributed by atoms with E-state index in [4.69, 9.17) is 10.8 Å². The lowest BCUT2D eigenvalue weighted by Gasteiger charge is -2.39. The summed E-state index contributed by atoms with van der Waals surface area (Å²) in [5.74, 6) is -0.675. The topological polar surface area (TPSA) is 131 Å². The monoisotopic (exact) mass is 398 g/mol. The SMILES string of the molecule is [2H]C[C@H]1OC[C@@H](n2cnc3c(=O)[nH]c(NC(=O)C(C)C)nc32)[C@H](OCCF)[C@@H]1O. The molecule has 0 unspecified atom stereocenters. The van der Waals surface area contributed by atoms with Crippen LogP contribution in [0.15, 0.2) is 11.1 Å². The third-order valence-corrected chi connectivity index (χ3v) is 4.52. The van der Waals surface area contributed by atoms with Crippen LogP contribution in [0.4, 0.5) is 10.3 Å². The van der Waals surface area contributed by atoms with Gasteiger partial charge in [-0.25, -0.2) is 9.37 Å². The maximum atomic E-state index is 12.7. The molecule has 154 valence electrons. The predicted molar refractivity (Wildman–Crippen MR) is 97.8 cm³/mol. The van der Waals surface area contributed by atoms with Crippen molar-refractivity contribution in [3.05, 3.63) is 16.7 Å². The first-order valence-electron chi connectivity index (χ1n) is 9.62. The van der Waals surface area contributed by atoms with E-state index in [0.29, 0.717) is 0 Å². The molecule has 3 N–H and O–H groups in total. The summed E-state index contributed by atoms with van der Waals surface area (Å²) in [6, 6.07) is -0.660. The van der Waals surface area contributed by atoms with Crippen LogP contribution in [0, 0.1) is 5.92 Å². The number of rotatable bonds is 6. The number of fused-ring (bicyclic) bond motifs is 1. The molecule has 0 radical (unpaired) electrons. The second-order valence-corrected chi connectivity index (χ2v) is 6.84. The lowest BCUT2D eigenvalue weighted by atomic mass is 9.98. The summed E-state index contributed by atoms with van der Waals surface area (Å²) in [6.45, 7) is 2.29. The van der Waals surface area contributed by atoms with E-state index in [2.05, 4.69) is 20.3 Å². The van der Waals surface area contributed by atoms with Gasteiger partial charge in [0.15, 0.2) is 11.2 Å². The van der Waals surface area contributed by atoms with Crippen LogP contribution in [0.3, 0.4) is 0 Å². The highest BCUT2D eigenvalue weighted by Crippen LogP contribution is 2.29. The number of hydrogen-bond acceptors (Lipinski definition) is 7. The van der Waals surface area contributed by atoms with E-state index in [9.17, 15) is 19.1 Å². The summed E-state index contributed by atoms with van der Waals surface area (Å²) in [7, 11) is 0. The summed E-state index contributed by atoms with van der Waals surface area (Å²) in [4.78, 5) is 35.1. The number of amides is 1. The molecule has 1 fully saturated rings. The highest BCUT2D eigenvalue weighted by molar-refractivity contribution is 5.91. The highest BCUT2D eigenvalue weighted by Gasteiger charge is 2.40. The van der Waals surface area contributed by atoms with Gasteiger partial charge < -0.3 is 19.1 Å². The minimum Gasteiger partial charge on any atom is -0.388 e. The van der Waals surface area contributed by atoms with Gasteiger partial charge in [-0.15, -0.1) is 0 Å². The van der Waals surface area contributed by atoms with E-state index in [1.807, 2.05) is 0 Å². The van der Waals surface area contributed by atoms with Gasteiger partial charge in [0.2, 0.25) is 11.9 Å². The Morgan fingerprint density at radius 3 is 3.11 bits per heavy atom. The van der Waals surface area contributed by atoms with Crippen LogP contribution in [0.5, 0.6) is 0 Å². The normalized spacial score (nSPS) is 25.8. The molecular weight excluding hydrogens is 373 g/mol. The zero-order chi connectivity index (χ0) is 21.1. The fourth-order valence-electron chi connectivity index (χ4n) is 2.97. The van der Waals surface area contributed by atoms with Crippen molar-refractivity contribution in [3.8, 4) is 0 Å².